The molecule has 88 valence electrons. The molecule has 0 amide bonds. The van der Waals surface area contributed by atoms with E-state index in [1.54, 1.807) is 6.07 Å². The molecule has 1 rings (SSSR count). The Morgan fingerprint density at radius 1 is 1.29 bits per heavy atom. The van der Waals surface area contributed by atoms with Crippen molar-refractivity contribution in [1.82, 2.24) is 0 Å². The molecule has 1 aromatic rings. The van der Waals surface area contributed by atoms with Gasteiger partial charge in [0.05, 0.1) is 0 Å². The maximum atomic E-state index is 10.7. The van der Waals surface area contributed by atoms with Crippen LogP contribution in [-0.4, -0.2) is 11.1 Å². The second-order valence-corrected chi connectivity index (χ2v) is 4.85. The fourth-order valence-corrected chi connectivity index (χ4v) is 1.39. The van der Waals surface area contributed by atoms with E-state index < -0.39 is 5.97 Å². The van der Waals surface area contributed by atoms with Crippen LogP contribution in [0.4, 0.5) is 0 Å². The van der Waals surface area contributed by atoms with E-state index in [-0.39, 0.29) is 11.0 Å². The van der Waals surface area contributed by atoms with Gasteiger partial charge in [0.15, 0.2) is 0 Å². The average molecular weight is 229 g/mol. The highest BCUT2D eigenvalue weighted by atomic mass is 16.4. The second kappa shape index (κ2) is 4.84. The Bertz CT molecular complexity index is 484. The zero-order valence-electron chi connectivity index (χ0n) is 10.2. The van der Waals surface area contributed by atoms with Gasteiger partial charge in [-0.1, -0.05) is 45.0 Å². The first-order valence-electron chi connectivity index (χ1n) is 5.30. The fraction of sp³-hybridized carbons (Fsp3) is 0.286. The number of hydrogen-bond acceptors (Lipinski definition) is 2. The molecule has 0 aliphatic carbocycles. The quantitative estimate of drug-likeness (QED) is 0.626. The monoisotopic (exact) mass is 229 g/mol. The lowest BCUT2D eigenvalue weighted by Crippen LogP contribution is -2.10. The van der Waals surface area contributed by atoms with Crippen molar-refractivity contribution in [2.45, 2.75) is 26.2 Å². The van der Waals surface area contributed by atoms with Gasteiger partial charge in [-0.25, -0.2) is 4.79 Å². The van der Waals surface area contributed by atoms with Crippen LogP contribution in [0, 0.1) is 11.3 Å². The van der Waals surface area contributed by atoms with Crippen LogP contribution in [0.2, 0.25) is 0 Å². The third-order valence-corrected chi connectivity index (χ3v) is 2.44. The molecule has 0 aliphatic rings. The van der Waals surface area contributed by atoms with Gasteiger partial charge in [0.25, 0.3) is 0 Å². The van der Waals surface area contributed by atoms with Gasteiger partial charge >= 0.3 is 5.97 Å². The van der Waals surface area contributed by atoms with Gasteiger partial charge in [-0.2, -0.15) is 5.26 Å². The minimum atomic E-state index is -1.20. The molecule has 0 unspecified atom stereocenters. The molecule has 1 aromatic carbocycles. The molecule has 0 aliphatic heterocycles. The lowest BCUT2D eigenvalue weighted by atomic mass is 9.86. The van der Waals surface area contributed by atoms with Crippen LogP contribution >= 0.6 is 0 Å². The molecule has 0 radical (unpaired) electrons. The Morgan fingerprint density at radius 2 is 1.82 bits per heavy atom. The van der Waals surface area contributed by atoms with Crippen molar-refractivity contribution in [3.8, 4) is 6.07 Å². The van der Waals surface area contributed by atoms with Crippen molar-refractivity contribution in [3.05, 3.63) is 41.0 Å². The summed E-state index contributed by atoms with van der Waals surface area (Å²) in [4.78, 5) is 10.7. The van der Waals surface area contributed by atoms with Crippen LogP contribution in [0.25, 0.3) is 6.08 Å². The molecular weight excluding hydrogens is 214 g/mol. The van der Waals surface area contributed by atoms with Gasteiger partial charge in [0.1, 0.15) is 11.6 Å². The highest BCUT2D eigenvalue weighted by Crippen LogP contribution is 2.22. The van der Waals surface area contributed by atoms with Crippen molar-refractivity contribution in [2.24, 2.45) is 0 Å². The largest absolute Gasteiger partial charge is 0.477 e. The van der Waals surface area contributed by atoms with E-state index in [2.05, 4.69) is 20.8 Å². The molecule has 0 saturated carbocycles. The molecule has 0 fully saturated rings. The third kappa shape index (κ3) is 3.46. The summed E-state index contributed by atoms with van der Waals surface area (Å²) in [5.41, 5.74) is 1.70. The summed E-state index contributed by atoms with van der Waals surface area (Å²) >= 11 is 0. The number of aliphatic carboxylic acids is 1. The van der Waals surface area contributed by atoms with E-state index in [0.717, 1.165) is 5.56 Å². The Hall–Kier alpha value is -2.08. The fourth-order valence-electron chi connectivity index (χ4n) is 1.39. The summed E-state index contributed by atoms with van der Waals surface area (Å²) in [5.74, 6) is -1.20. The molecule has 1 N–H and O–H groups in total. The third-order valence-electron chi connectivity index (χ3n) is 2.44. The lowest BCUT2D eigenvalue weighted by molar-refractivity contribution is -0.132. The number of benzene rings is 1. The first kappa shape index (κ1) is 13.0. The van der Waals surface area contributed by atoms with E-state index in [1.165, 1.54) is 11.6 Å². The Morgan fingerprint density at radius 3 is 2.18 bits per heavy atom. The smallest absolute Gasteiger partial charge is 0.346 e. The van der Waals surface area contributed by atoms with Crippen molar-refractivity contribution in [2.75, 3.05) is 0 Å². The molecule has 3 heteroatoms. The Labute approximate surface area is 101 Å². The van der Waals surface area contributed by atoms with Gasteiger partial charge in [0.2, 0.25) is 0 Å². The van der Waals surface area contributed by atoms with Crippen molar-refractivity contribution in [3.63, 3.8) is 0 Å². The zero-order chi connectivity index (χ0) is 13.1. The predicted octanol–water partition coefficient (Wildman–Crippen LogP) is 2.98. The van der Waals surface area contributed by atoms with Gasteiger partial charge in [-0.15, -0.1) is 0 Å². The summed E-state index contributed by atoms with van der Waals surface area (Å²) < 4.78 is 0. The van der Waals surface area contributed by atoms with Crippen LogP contribution in [0.1, 0.15) is 31.9 Å². The number of hydrogen-bond donors (Lipinski definition) is 1. The van der Waals surface area contributed by atoms with Crippen molar-refractivity contribution >= 4 is 12.0 Å². The first-order valence-corrected chi connectivity index (χ1v) is 5.30. The van der Waals surface area contributed by atoms with E-state index in [1.807, 2.05) is 24.3 Å². The van der Waals surface area contributed by atoms with Crippen LogP contribution in [0.3, 0.4) is 0 Å². The standard InChI is InChI=1S/C14H15NO2/c1-14(2,3)12-6-4-10(5-7-12)8-11(9-15)13(16)17/h4-8H,1-3H3,(H,16,17)/b11-8+. The molecule has 0 spiro atoms. The van der Waals surface area contributed by atoms with Crippen molar-refractivity contribution < 1.29 is 9.90 Å². The van der Waals surface area contributed by atoms with Gasteiger partial charge in [0, 0.05) is 0 Å². The molecular formula is C14H15NO2. The summed E-state index contributed by atoms with van der Waals surface area (Å²) in [6.07, 6.45) is 1.37. The zero-order valence-corrected chi connectivity index (χ0v) is 10.2. The predicted molar refractivity (Wildman–Crippen MR) is 66.4 cm³/mol. The molecule has 0 aromatic heterocycles. The molecule has 3 nitrogen and oxygen atoms in total. The van der Waals surface area contributed by atoms with E-state index in [0.29, 0.717) is 0 Å². The molecule has 0 bridgehead atoms. The van der Waals surface area contributed by atoms with Crippen LogP contribution < -0.4 is 0 Å². The number of rotatable bonds is 2. The number of nitrogens with zero attached hydrogens (tertiary/aromatic N) is 1. The molecule has 17 heavy (non-hydrogen) atoms. The van der Waals surface area contributed by atoms with Crippen molar-refractivity contribution in [1.29, 1.82) is 5.26 Å². The highest BCUT2D eigenvalue weighted by Gasteiger charge is 2.13. The number of carboxylic acids is 1. The molecule has 0 saturated heterocycles. The summed E-state index contributed by atoms with van der Waals surface area (Å²) in [5, 5.41) is 17.4. The number of nitriles is 1. The minimum absolute atomic E-state index is 0.0626. The minimum Gasteiger partial charge on any atom is -0.477 e. The van der Waals surface area contributed by atoms with E-state index >= 15 is 0 Å². The van der Waals surface area contributed by atoms with Gasteiger partial charge in [-0.05, 0) is 22.6 Å². The first-order chi connectivity index (χ1) is 7.84. The summed E-state index contributed by atoms with van der Waals surface area (Å²) in [6, 6.07) is 9.19. The van der Waals surface area contributed by atoms with Crippen LogP contribution in [-0.2, 0) is 10.2 Å². The highest BCUT2D eigenvalue weighted by molar-refractivity contribution is 5.96. The van der Waals surface area contributed by atoms with Crippen LogP contribution in [0.5, 0.6) is 0 Å². The maximum absolute atomic E-state index is 10.7. The Balaban J connectivity index is 3.05. The lowest BCUT2D eigenvalue weighted by Gasteiger charge is -2.18. The molecule has 0 atom stereocenters. The Kier molecular flexibility index (Phi) is 3.69. The second-order valence-electron chi connectivity index (χ2n) is 4.85. The summed E-state index contributed by atoms with van der Waals surface area (Å²) in [7, 11) is 0. The molecule has 0 heterocycles. The number of carbonyl (C=O) groups is 1. The van der Waals surface area contributed by atoms with E-state index in [9.17, 15) is 4.79 Å². The number of carboxylic acid groups (broad SMARTS) is 1. The summed E-state index contributed by atoms with van der Waals surface area (Å²) in [6.45, 7) is 6.32. The van der Waals surface area contributed by atoms with E-state index in [4.69, 9.17) is 10.4 Å². The normalized spacial score (nSPS) is 12.0. The average Bonchev–Trinajstić information content (AvgIpc) is 2.25. The maximum Gasteiger partial charge on any atom is 0.346 e. The van der Waals surface area contributed by atoms with Crippen LogP contribution in [0.15, 0.2) is 29.8 Å². The topological polar surface area (TPSA) is 61.1 Å². The van der Waals surface area contributed by atoms with Gasteiger partial charge < -0.3 is 5.11 Å². The SMILES string of the molecule is CC(C)(C)c1ccc(/C=C(\C#N)C(=O)O)cc1. The van der Waals surface area contributed by atoms with Gasteiger partial charge in [-0.3, -0.25) is 0 Å².